The van der Waals surface area contributed by atoms with E-state index in [9.17, 15) is 5.11 Å². The van der Waals surface area contributed by atoms with Crippen molar-refractivity contribution in [2.75, 3.05) is 6.61 Å². The van der Waals surface area contributed by atoms with Gasteiger partial charge in [0.2, 0.25) is 0 Å². The van der Waals surface area contributed by atoms with E-state index in [4.69, 9.17) is 9.47 Å². The van der Waals surface area contributed by atoms with Crippen molar-refractivity contribution >= 4 is 0 Å². The maximum Gasteiger partial charge on any atom is 0.171 e. The largest absolute Gasteiger partial charge is 0.393 e. The first-order chi connectivity index (χ1) is 14.3. The molecule has 0 aromatic carbocycles. The molecule has 1 spiro atoms. The van der Waals surface area contributed by atoms with Gasteiger partial charge >= 0.3 is 0 Å². The van der Waals surface area contributed by atoms with Crippen molar-refractivity contribution in [1.29, 1.82) is 0 Å². The summed E-state index contributed by atoms with van der Waals surface area (Å²) in [5.41, 5.74) is 2.31. The van der Waals surface area contributed by atoms with E-state index in [1.807, 2.05) is 0 Å². The van der Waals surface area contributed by atoms with Gasteiger partial charge in [0.25, 0.3) is 0 Å². The molecule has 0 amide bonds. The molecule has 3 unspecified atom stereocenters. The number of hydrogen-bond acceptors (Lipinski definition) is 3. The zero-order valence-corrected chi connectivity index (χ0v) is 19.5. The SMILES string of the molecule is C[C@H]1CCC2(OC1)OC1C[C@H]3[C@@H]4CC=C5C[C@@H](O)CC[C@]5(C)[C@H]4CC[C@]3(C)C1[C@@H]2C. The van der Waals surface area contributed by atoms with Gasteiger partial charge in [-0.2, -0.15) is 0 Å². The highest BCUT2D eigenvalue weighted by atomic mass is 16.7. The predicted octanol–water partition coefficient (Wildman–Crippen LogP) is 5.71. The van der Waals surface area contributed by atoms with Gasteiger partial charge in [-0.25, -0.2) is 0 Å². The third-order valence-electron chi connectivity index (χ3n) is 11.3. The van der Waals surface area contributed by atoms with Crippen molar-refractivity contribution in [2.24, 2.45) is 46.3 Å². The summed E-state index contributed by atoms with van der Waals surface area (Å²) in [6.07, 6.45) is 13.5. The van der Waals surface area contributed by atoms with Crippen molar-refractivity contribution in [3.8, 4) is 0 Å². The third kappa shape index (κ3) is 2.55. The fraction of sp³-hybridized carbons (Fsp3) is 0.926. The minimum Gasteiger partial charge on any atom is -0.393 e. The molecular formula is C27H42O3. The quantitative estimate of drug-likeness (QED) is 0.516. The van der Waals surface area contributed by atoms with Crippen molar-refractivity contribution in [2.45, 2.75) is 103 Å². The van der Waals surface area contributed by atoms with E-state index in [-0.39, 0.29) is 11.9 Å². The van der Waals surface area contributed by atoms with Crippen LogP contribution in [0.1, 0.15) is 85.5 Å². The Labute approximate surface area is 183 Å². The second kappa shape index (κ2) is 6.58. The van der Waals surface area contributed by atoms with Crippen LogP contribution in [-0.4, -0.2) is 29.7 Å². The molecule has 2 aliphatic heterocycles. The van der Waals surface area contributed by atoms with Crippen LogP contribution in [0.3, 0.4) is 0 Å². The average molecular weight is 415 g/mol. The van der Waals surface area contributed by atoms with Gasteiger partial charge in [0.1, 0.15) is 0 Å². The fourth-order valence-electron chi connectivity index (χ4n) is 9.66. The second-order valence-electron chi connectivity index (χ2n) is 12.7. The van der Waals surface area contributed by atoms with Gasteiger partial charge in [-0.1, -0.05) is 39.3 Å². The molecule has 3 saturated carbocycles. The molecule has 5 fully saturated rings. The fourth-order valence-corrected chi connectivity index (χ4v) is 9.66. The van der Waals surface area contributed by atoms with Gasteiger partial charge in [-0.15, -0.1) is 0 Å². The molecule has 11 atom stereocenters. The Balaban J connectivity index is 1.28. The van der Waals surface area contributed by atoms with Gasteiger partial charge in [-0.05, 0) is 91.8 Å². The molecule has 3 nitrogen and oxygen atoms in total. The number of ether oxygens (including phenoxy) is 2. The summed E-state index contributed by atoms with van der Waals surface area (Å²) in [5, 5.41) is 10.3. The lowest BCUT2D eigenvalue weighted by Gasteiger charge is -2.58. The summed E-state index contributed by atoms with van der Waals surface area (Å²) in [5.74, 6) is 3.94. The Hall–Kier alpha value is -0.380. The molecule has 6 rings (SSSR count). The summed E-state index contributed by atoms with van der Waals surface area (Å²) in [6.45, 7) is 10.8. The first-order valence-electron chi connectivity index (χ1n) is 13.0. The van der Waals surface area contributed by atoms with E-state index in [0.717, 1.165) is 43.6 Å². The normalized spacial score (nSPS) is 59.8. The van der Waals surface area contributed by atoms with E-state index in [2.05, 4.69) is 33.8 Å². The Bertz CT molecular complexity index is 736. The summed E-state index contributed by atoms with van der Waals surface area (Å²) < 4.78 is 13.3. The van der Waals surface area contributed by atoms with Gasteiger partial charge in [0, 0.05) is 12.3 Å². The van der Waals surface area contributed by atoms with Crippen molar-refractivity contribution in [3.63, 3.8) is 0 Å². The second-order valence-corrected chi connectivity index (χ2v) is 12.7. The highest BCUT2D eigenvalue weighted by molar-refractivity contribution is 5.26. The van der Waals surface area contributed by atoms with E-state index >= 15 is 0 Å². The van der Waals surface area contributed by atoms with Crippen LogP contribution in [0.15, 0.2) is 11.6 Å². The summed E-state index contributed by atoms with van der Waals surface area (Å²) in [6, 6.07) is 0. The van der Waals surface area contributed by atoms with Crippen LogP contribution in [0.2, 0.25) is 0 Å². The molecule has 1 N–H and O–H groups in total. The standard InChI is InChI=1S/C27H42O3/c1-16-7-12-27(29-15-16)17(2)24-23(30-27)14-22-20-6-5-18-13-19(28)8-10-25(18,3)21(20)9-11-26(22,24)4/h5,16-17,19-24,28H,6-15H2,1-4H3/t16-,17-,19-,20+,21-,22-,23?,24?,25-,26-,27?/m0/s1. The number of hydrogen-bond donors (Lipinski definition) is 1. The Kier molecular flexibility index (Phi) is 4.44. The average Bonchev–Trinajstić information content (AvgIpc) is 3.16. The van der Waals surface area contributed by atoms with E-state index in [1.165, 1.54) is 38.5 Å². The molecule has 30 heavy (non-hydrogen) atoms. The topological polar surface area (TPSA) is 38.7 Å². The molecule has 3 heteroatoms. The van der Waals surface area contributed by atoms with Crippen molar-refractivity contribution in [3.05, 3.63) is 11.6 Å². The van der Waals surface area contributed by atoms with Crippen molar-refractivity contribution < 1.29 is 14.6 Å². The molecule has 0 aromatic heterocycles. The lowest BCUT2D eigenvalue weighted by molar-refractivity contribution is -0.272. The van der Waals surface area contributed by atoms with Crippen LogP contribution in [0.5, 0.6) is 0 Å². The molecular weight excluding hydrogens is 372 g/mol. The lowest BCUT2D eigenvalue weighted by Crippen LogP contribution is -2.52. The molecule has 0 radical (unpaired) electrons. The lowest BCUT2D eigenvalue weighted by atomic mass is 9.47. The van der Waals surface area contributed by atoms with Crippen LogP contribution >= 0.6 is 0 Å². The Morgan fingerprint density at radius 3 is 2.63 bits per heavy atom. The minimum absolute atomic E-state index is 0.107. The van der Waals surface area contributed by atoms with E-state index in [1.54, 1.807) is 5.57 Å². The predicted molar refractivity (Wildman–Crippen MR) is 118 cm³/mol. The molecule has 6 aliphatic rings. The zero-order chi connectivity index (χ0) is 20.9. The Morgan fingerprint density at radius 2 is 1.87 bits per heavy atom. The monoisotopic (exact) mass is 414 g/mol. The first kappa shape index (κ1) is 20.2. The summed E-state index contributed by atoms with van der Waals surface area (Å²) >= 11 is 0. The maximum atomic E-state index is 10.3. The number of allylic oxidation sites excluding steroid dienone is 1. The van der Waals surface area contributed by atoms with Crippen LogP contribution in [0, 0.1) is 46.3 Å². The minimum atomic E-state index is -0.294. The van der Waals surface area contributed by atoms with Gasteiger partial charge in [-0.3, -0.25) is 0 Å². The molecule has 168 valence electrons. The van der Waals surface area contributed by atoms with Gasteiger partial charge < -0.3 is 14.6 Å². The molecule has 2 heterocycles. The number of aliphatic hydroxyl groups excluding tert-OH is 1. The highest BCUT2D eigenvalue weighted by Gasteiger charge is 2.68. The molecule has 2 saturated heterocycles. The van der Waals surface area contributed by atoms with Crippen LogP contribution in [-0.2, 0) is 9.47 Å². The summed E-state index contributed by atoms with van der Waals surface area (Å²) in [4.78, 5) is 0. The van der Waals surface area contributed by atoms with Crippen molar-refractivity contribution in [1.82, 2.24) is 0 Å². The molecule has 4 aliphatic carbocycles. The van der Waals surface area contributed by atoms with Crippen LogP contribution < -0.4 is 0 Å². The third-order valence-corrected chi connectivity index (χ3v) is 11.3. The van der Waals surface area contributed by atoms with E-state index in [0.29, 0.717) is 34.7 Å². The number of rotatable bonds is 0. The smallest absolute Gasteiger partial charge is 0.171 e. The van der Waals surface area contributed by atoms with E-state index < -0.39 is 0 Å². The number of fused-ring (bicyclic) bond motifs is 7. The zero-order valence-electron chi connectivity index (χ0n) is 19.5. The van der Waals surface area contributed by atoms with Crippen LogP contribution in [0.25, 0.3) is 0 Å². The number of aliphatic hydroxyl groups is 1. The Morgan fingerprint density at radius 1 is 1.03 bits per heavy atom. The maximum absolute atomic E-state index is 10.3. The first-order valence-corrected chi connectivity index (χ1v) is 13.0. The molecule has 0 aromatic rings. The van der Waals surface area contributed by atoms with Crippen LogP contribution in [0.4, 0.5) is 0 Å². The molecule has 0 bridgehead atoms. The summed E-state index contributed by atoms with van der Waals surface area (Å²) in [7, 11) is 0. The van der Waals surface area contributed by atoms with Gasteiger partial charge in [0.15, 0.2) is 5.79 Å². The van der Waals surface area contributed by atoms with Gasteiger partial charge in [0.05, 0.1) is 18.8 Å². The highest BCUT2D eigenvalue weighted by Crippen LogP contribution is 2.70.